The predicted octanol–water partition coefficient (Wildman–Crippen LogP) is 2.45. The first-order chi connectivity index (χ1) is 9.27. The number of rotatable bonds is 3. The van der Waals surface area contributed by atoms with E-state index < -0.39 is 15.8 Å². The molecule has 0 saturated carbocycles. The van der Waals surface area contributed by atoms with Crippen molar-refractivity contribution in [2.45, 2.75) is 4.90 Å². The van der Waals surface area contributed by atoms with E-state index in [1.807, 2.05) is 0 Å². The molecule has 0 spiro atoms. The highest BCUT2D eigenvalue weighted by molar-refractivity contribution is 7.89. The topological polar surface area (TPSA) is 98.2 Å². The smallest absolute Gasteiger partial charge is 0.240 e. The maximum atomic E-state index is 13.6. The molecule has 5 nitrogen and oxygen atoms in total. The second-order valence-corrected chi connectivity index (χ2v) is 6.01. The van der Waals surface area contributed by atoms with Crippen molar-refractivity contribution in [1.82, 2.24) is 0 Å². The summed E-state index contributed by atoms with van der Waals surface area (Å²) < 4.78 is 36.0. The van der Waals surface area contributed by atoms with Gasteiger partial charge in [-0.25, -0.2) is 17.9 Å². The fourth-order valence-electron chi connectivity index (χ4n) is 1.63. The second-order valence-electron chi connectivity index (χ2n) is 4.05. The van der Waals surface area contributed by atoms with Crippen LogP contribution in [0.25, 0.3) is 0 Å². The van der Waals surface area contributed by atoms with E-state index in [9.17, 15) is 12.8 Å². The Kier molecular flexibility index (Phi) is 3.85. The van der Waals surface area contributed by atoms with Crippen LogP contribution in [0.5, 0.6) is 0 Å². The summed E-state index contributed by atoms with van der Waals surface area (Å²) in [5.41, 5.74) is 6.15. The van der Waals surface area contributed by atoms with Gasteiger partial charge in [0.15, 0.2) is 0 Å². The average Bonchev–Trinajstić information content (AvgIpc) is 2.32. The third-order valence-electron chi connectivity index (χ3n) is 2.52. The van der Waals surface area contributed by atoms with Crippen LogP contribution < -0.4 is 16.2 Å². The van der Waals surface area contributed by atoms with Crippen LogP contribution in [0.3, 0.4) is 0 Å². The molecule has 0 unspecified atom stereocenters. The van der Waals surface area contributed by atoms with E-state index in [2.05, 4.69) is 5.32 Å². The zero-order valence-electron chi connectivity index (χ0n) is 10.1. The van der Waals surface area contributed by atoms with Gasteiger partial charge in [-0.05, 0) is 36.4 Å². The summed E-state index contributed by atoms with van der Waals surface area (Å²) in [6, 6.07) is 8.06. The predicted molar refractivity (Wildman–Crippen MR) is 76.9 cm³/mol. The highest BCUT2D eigenvalue weighted by atomic mass is 35.5. The van der Waals surface area contributed by atoms with Crippen LogP contribution in [0.15, 0.2) is 41.3 Å². The molecule has 0 aromatic heterocycles. The fraction of sp³-hybridized carbons (Fsp3) is 0. The Labute approximate surface area is 120 Å². The van der Waals surface area contributed by atoms with E-state index in [4.69, 9.17) is 22.5 Å². The molecule has 2 rings (SSSR count). The number of benzene rings is 2. The van der Waals surface area contributed by atoms with Crippen molar-refractivity contribution >= 4 is 38.7 Å². The van der Waals surface area contributed by atoms with Gasteiger partial charge in [-0.15, -0.1) is 0 Å². The van der Waals surface area contributed by atoms with Gasteiger partial charge in [-0.3, -0.25) is 0 Å². The molecule has 0 atom stereocenters. The largest absolute Gasteiger partial charge is 0.398 e. The maximum Gasteiger partial charge on any atom is 0.240 e. The SMILES string of the molecule is Nc1cc(Nc2cc(Cl)ccc2F)ccc1S(N)(=O)=O. The number of primary sulfonamides is 1. The van der Waals surface area contributed by atoms with Gasteiger partial charge in [0.2, 0.25) is 10.0 Å². The second kappa shape index (κ2) is 5.28. The van der Waals surface area contributed by atoms with E-state index in [1.54, 1.807) is 0 Å². The lowest BCUT2D eigenvalue weighted by molar-refractivity contribution is 0.598. The van der Waals surface area contributed by atoms with Crippen molar-refractivity contribution in [1.29, 1.82) is 0 Å². The minimum atomic E-state index is -3.89. The summed E-state index contributed by atoms with van der Waals surface area (Å²) in [6.07, 6.45) is 0. The fourth-order valence-corrected chi connectivity index (χ4v) is 2.45. The van der Waals surface area contributed by atoms with Crippen LogP contribution in [-0.2, 0) is 10.0 Å². The van der Waals surface area contributed by atoms with Crippen LogP contribution in [0.2, 0.25) is 5.02 Å². The number of hydrogen-bond donors (Lipinski definition) is 3. The number of nitrogens with one attached hydrogen (secondary N) is 1. The van der Waals surface area contributed by atoms with Crippen LogP contribution >= 0.6 is 11.6 Å². The zero-order valence-corrected chi connectivity index (χ0v) is 11.7. The van der Waals surface area contributed by atoms with Crippen molar-refractivity contribution in [3.05, 3.63) is 47.2 Å². The van der Waals surface area contributed by atoms with E-state index in [0.29, 0.717) is 10.7 Å². The monoisotopic (exact) mass is 315 g/mol. The average molecular weight is 316 g/mol. The van der Waals surface area contributed by atoms with E-state index in [0.717, 1.165) is 0 Å². The highest BCUT2D eigenvalue weighted by Gasteiger charge is 2.13. The molecule has 0 saturated heterocycles. The number of halogens is 2. The molecule has 20 heavy (non-hydrogen) atoms. The molecule has 0 aliphatic heterocycles. The Morgan fingerprint density at radius 2 is 1.85 bits per heavy atom. The molecule has 0 fully saturated rings. The first-order valence-electron chi connectivity index (χ1n) is 5.42. The summed E-state index contributed by atoms with van der Waals surface area (Å²) in [4.78, 5) is -0.186. The lowest BCUT2D eigenvalue weighted by Gasteiger charge is -2.10. The van der Waals surface area contributed by atoms with Gasteiger partial charge < -0.3 is 11.1 Å². The molecule has 0 heterocycles. The number of anilines is 3. The van der Waals surface area contributed by atoms with Gasteiger partial charge in [0.1, 0.15) is 10.7 Å². The zero-order chi connectivity index (χ0) is 14.9. The van der Waals surface area contributed by atoms with Crippen LogP contribution in [0.4, 0.5) is 21.5 Å². The molecule has 8 heteroatoms. The van der Waals surface area contributed by atoms with E-state index in [1.165, 1.54) is 36.4 Å². The van der Waals surface area contributed by atoms with Crippen molar-refractivity contribution in [2.75, 3.05) is 11.1 Å². The van der Waals surface area contributed by atoms with Gasteiger partial charge >= 0.3 is 0 Å². The molecular formula is C12H11ClFN3O2S. The highest BCUT2D eigenvalue weighted by Crippen LogP contribution is 2.27. The molecule has 0 aliphatic carbocycles. The molecule has 2 aromatic rings. The number of nitrogen functional groups attached to an aromatic ring is 1. The normalized spacial score (nSPS) is 11.3. The maximum absolute atomic E-state index is 13.6. The Morgan fingerprint density at radius 3 is 2.45 bits per heavy atom. The van der Waals surface area contributed by atoms with Gasteiger partial charge in [-0.2, -0.15) is 0 Å². The van der Waals surface area contributed by atoms with Crippen LogP contribution in [0.1, 0.15) is 0 Å². The Bertz CT molecular complexity index is 765. The van der Waals surface area contributed by atoms with Crippen molar-refractivity contribution < 1.29 is 12.8 Å². The first-order valence-corrected chi connectivity index (χ1v) is 7.34. The van der Waals surface area contributed by atoms with Crippen molar-refractivity contribution in [3.63, 3.8) is 0 Å². The van der Waals surface area contributed by atoms with E-state index >= 15 is 0 Å². The van der Waals surface area contributed by atoms with Crippen molar-refractivity contribution in [2.24, 2.45) is 5.14 Å². The summed E-state index contributed by atoms with van der Waals surface area (Å²) in [6.45, 7) is 0. The van der Waals surface area contributed by atoms with Gasteiger partial charge in [0, 0.05) is 10.7 Å². The molecule has 0 bridgehead atoms. The van der Waals surface area contributed by atoms with Gasteiger partial charge in [-0.1, -0.05) is 11.6 Å². The third-order valence-corrected chi connectivity index (χ3v) is 3.74. The molecule has 0 amide bonds. The van der Waals surface area contributed by atoms with E-state index in [-0.39, 0.29) is 16.3 Å². The minimum absolute atomic E-state index is 0.0278. The molecule has 106 valence electrons. The number of sulfonamides is 1. The van der Waals surface area contributed by atoms with Crippen molar-refractivity contribution in [3.8, 4) is 0 Å². The molecule has 5 N–H and O–H groups in total. The Hall–Kier alpha value is -1.83. The summed E-state index contributed by atoms with van der Waals surface area (Å²) in [5.74, 6) is -0.497. The van der Waals surface area contributed by atoms with Gasteiger partial charge in [0.25, 0.3) is 0 Å². The standard InChI is InChI=1S/C12H11ClFN3O2S/c13-7-1-3-9(14)11(5-7)17-8-2-4-12(10(15)6-8)20(16,18)19/h1-6,17H,15H2,(H2,16,18,19). The van der Waals surface area contributed by atoms with Gasteiger partial charge in [0.05, 0.1) is 11.4 Å². The summed E-state index contributed by atoms with van der Waals surface area (Å²) in [7, 11) is -3.89. The van der Waals surface area contributed by atoms with Crippen LogP contribution in [0, 0.1) is 5.82 Å². The Balaban J connectivity index is 2.36. The van der Waals surface area contributed by atoms with Crippen LogP contribution in [-0.4, -0.2) is 8.42 Å². The Morgan fingerprint density at radius 1 is 1.15 bits per heavy atom. The third kappa shape index (κ3) is 3.19. The molecule has 0 aliphatic rings. The molecular weight excluding hydrogens is 305 g/mol. The summed E-state index contributed by atoms with van der Waals surface area (Å²) >= 11 is 5.77. The molecule has 2 aromatic carbocycles. The minimum Gasteiger partial charge on any atom is -0.398 e. The molecule has 0 radical (unpaired) electrons. The lowest BCUT2D eigenvalue weighted by Crippen LogP contribution is -2.14. The number of hydrogen-bond acceptors (Lipinski definition) is 4. The number of nitrogens with two attached hydrogens (primary N) is 2. The lowest BCUT2D eigenvalue weighted by atomic mass is 10.2. The quantitative estimate of drug-likeness (QED) is 0.758. The first kappa shape index (κ1) is 14.6. The summed E-state index contributed by atoms with van der Waals surface area (Å²) in [5, 5.41) is 8.12.